The van der Waals surface area contributed by atoms with E-state index < -0.39 is 18.5 Å². The first-order valence-electron chi connectivity index (χ1n) is 8.94. The zero-order valence-corrected chi connectivity index (χ0v) is 18.7. The number of carbonyl (C=O) groups excluding carboxylic acids is 3. The van der Waals surface area contributed by atoms with Crippen LogP contribution in [-0.4, -0.2) is 24.4 Å². The first-order chi connectivity index (χ1) is 13.7. The number of hydrogen-bond acceptors (Lipinski definition) is 4. The fourth-order valence-corrected chi connectivity index (χ4v) is 3.04. The minimum atomic E-state index is -0.624. The monoisotopic (exact) mass is 480 g/mol. The molecule has 2 aromatic rings. The molecule has 0 aromatic heterocycles. The average Bonchev–Trinajstić information content (AvgIpc) is 2.68. The van der Waals surface area contributed by atoms with Gasteiger partial charge in [0.25, 0.3) is 5.91 Å². The van der Waals surface area contributed by atoms with Crippen molar-refractivity contribution in [2.24, 2.45) is 0 Å². The van der Waals surface area contributed by atoms with Crippen molar-refractivity contribution in [1.82, 2.24) is 0 Å². The molecular weight excluding hydrogens is 460 g/mol. The van der Waals surface area contributed by atoms with Gasteiger partial charge in [-0.1, -0.05) is 17.7 Å². The number of hydrogen-bond donors (Lipinski definition) is 2. The summed E-state index contributed by atoms with van der Waals surface area (Å²) in [5, 5.41) is 5.87. The van der Waals surface area contributed by atoms with E-state index in [0.717, 1.165) is 15.6 Å². The molecule has 8 heteroatoms. The molecule has 2 rings (SSSR count). The normalized spacial score (nSPS) is 10.4. The largest absolute Gasteiger partial charge is 0.456 e. The Hall–Kier alpha value is -2.38. The number of carbonyl (C=O) groups is 3. The topological polar surface area (TPSA) is 84.5 Å². The molecule has 2 aromatic carbocycles. The maximum Gasteiger partial charge on any atom is 0.306 e. The van der Waals surface area contributed by atoms with Gasteiger partial charge in [0.2, 0.25) is 5.91 Å². The summed E-state index contributed by atoms with van der Waals surface area (Å²) >= 11 is 9.42. The molecule has 0 heterocycles. The first-order valence-corrected chi connectivity index (χ1v) is 10.1. The van der Waals surface area contributed by atoms with Crippen molar-refractivity contribution in [2.75, 3.05) is 17.2 Å². The van der Waals surface area contributed by atoms with Crippen LogP contribution in [0, 0.1) is 20.8 Å². The summed E-state index contributed by atoms with van der Waals surface area (Å²) in [5.41, 5.74) is 4.10. The molecular formula is C21H22BrClN2O4. The zero-order chi connectivity index (χ0) is 21.6. The maximum atomic E-state index is 12.0. The maximum absolute atomic E-state index is 12.0. The second-order valence-electron chi connectivity index (χ2n) is 6.59. The fraction of sp³-hybridized carbons (Fsp3) is 0.286. The van der Waals surface area contributed by atoms with Crippen molar-refractivity contribution >= 4 is 56.7 Å². The minimum Gasteiger partial charge on any atom is -0.456 e. The lowest BCUT2D eigenvalue weighted by molar-refractivity contribution is -0.147. The second kappa shape index (κ2) is 10.4. The summed E-state index contributed by atoms with van der Waals surface area (Å²) < 4.78 is 5.65. The van der Waals surface area contributed by atoms with E-state index in [1.807, 2.05) is 26.0 Å². The van der Waals surface area contributed by atoms with E-state index >= 15 is 0 Å². The van der Waals surface area contributed by atoms with E-state index in [9.17, 15) is 14.4 Å². The number of rotatable bonds is 7. The molecule has 0 aliphatic heterocycles. The van der Waals surface area contributed by atoms with Crippen molar-refractivity contribution in [3.8, 4) is 0 Å². The van der Waals surface area contributed by atoms with E-state index in [0.29, 0.717) is 22.0 Å². The van der Waals surface area contributed by atoms with Crippen molar-refractivity contribution in [2.45, 2.75) is 33.6 Å². The van der Waals surface area contributed by atoms with E-state index in [4.69, 9.17) is 16.3 Å². The highest BCUT2D eigenvalue weighted by Crippen LogP contribution is 2.30. The molecule has 0 bridgehead atoms. The minimum absolute atomic E-state index is 0.0329. The Morgan fingerprint density at radius 3 is 2.38 bits per heavy atom. The Kier molecular flexibility index (Phi) is 8.22. The molecule has 0 aliphatic carbocycles. The number of nitrogens with one attached hydrogen (secondary N) is 2. The van der Waals surface area contributed by atoms with Crippen LogP contribution in [0.3, 0.4) is 0 Å². The number of ether oxygens (including phenoxy) is 1. The zero-order valence-electron chi connectivity index (χ0n) is 16.4. The molecule has 0 fully saturated rings. The van der Waals surface area contributed by atoms with Crippen LogP contribution in [-0.2, 0) is 19.1 Å². The highest BCUT2D eigenvalue weighted by Gasteiger charge is 2.13. The molecule has 154 valence electrons. The van der Waals surface area contributed by atoms with Gasteiger partial charge in [0.1, 0.15) is 0 Å². The van der Waals surface area contributed by atoms with Gasteiger partial charge in [0.15, 0.2) is 6.61 Å². The van der Waals surface area contributed by atoms with Gasteiger partial charge >= 0.3 is 5.97 Å². The number of aryl methyl sites for hydroxylation is 2. The SMILES string of the molecule is Cc1ccc(NC(=O)CCC(=O)OCC(=O)Nc2ccc(Br)c(Cl)c2C)cc1C. The Morgan fingerprint density at radius 2 is 1.69 bits per heavy atom. The van der Waals surface area contributed by atoms with Crippen molar-refractivity contribution < 1.29 is 19.1 Å². The molecule has 2 amide bonds. The van der Waals surface area contributed by atoms with Crippen LogP contribution < -0.4 is 10.6 Å². The van der Waals surface area contributed by atoms with E-state index in [2.05, 4.69) is 26.6 Å². The van der Waals surface area contributed by atoms with Gasteiger partial charge in [-0.3, -0.25) is 14.4 Å². The number of halogens is 2. The summed E-state index contributed by atoms with van der Waals surface area (Å²) in [5.74, 6) is -1.41. The van der Waals surface area contributed by atoms with Crippen molar-refractivity contribution in [1.29, 1.82) is 0 Å². The first kappa shape index (κ1) is 22.9. The highest BCUT2D eigenvalue weighted by atomic mass is 79.9. The standard InChI is InChI=1S/C21H22BrClN2O4/c1-12-4-5-15(10-13(12)2)24-18(26)8-9-20(28)29-11-19(27)25-17-7-6-16(22)21(23)14(17)3/h4-7,10H,8-9,11H2,1-3H3,(H,24,26)(H,25,27). The average molecular weight is 482 g/mol. The Bertz CT molecular complexity index is 947. The Balaban J connectivity index is 1.75. The van der Waals surface area contributed by atoms with E-state index in [-0.39, 0.29) is 18.7 Å². The lowest BCUT2D eigenvalue weighted by atomic mass is 10.1. The summed E-state index contributed by atoms with van der Waals surface area (Å²) in [6.45, 7) is 5.27. The molecule has 29 heavy (non-hydrogen) atoms. The van der Waals surface area contributed by atoms with Gasteiger partial charge in [-0.25, -0.2) is 0 Å². The molecule has 0 spiro atoms. The van der Waals surface area contributed by atoms with Crippen LogP contribution in [0.25, 0.3) is 0 Å². The Morgan fingerprint density at radius 1 is 0.966 bits per heavy atom. The predicted molar refractivity (Wildman–Crippen MR) is 117 cm³/mol. The van der Waals surface area contributed by atoms with E-state index in [1.54, 1.807) is 25.1 Å². The van der Waals surface area contributed by atoms with Gasteiger partial charge in [-0.2, -0.15) is 0 Å². The van der Waals surface area contributed by atoms with Crippen molar-refractivity contribution in [3.63, 3.8) is 0 Å². The predicted octanol–water partition coefficient (Wildman–Crippen LogP) is 4.93. The summed E-state index contributed by atoms with van der Waals surface area (Å²) in [7, 11) is 0. The number of amides is 2. The summed E-state index contributed by atoms with van der Waals surface area (Å²) in [6.07, 6.45) is -0.151. The molecule has 2 N–H and O–H groups in total. The number of benzene rings is 2. The van der Waals surface area contributed by atoms with Gasteiger partial charge < -0.3 is 15.4 Å². The molecule has 0 saturated heterocycles. The van der Waals surface area contributed by atoms with Crippen LogP contribution in [0.15, 0.2) is 34.8 Å². The smallest absolute Gasteiger partial charge is 0.306 e. The third-order valence-corrected chi connectivity index (χ3v) is 5.70. The van der Waals surface area contributed by atoms with Gasteiger partial charge in [0.05, 0.1) is 11.4 Å². The van der Waals surface area contributed by atoms with Gasteiger partial charge in [-0.05, 0) is 77.7 Å². The molecule has 0 unspecified atom stereocenters. The third-order valence-electron chi connectivity index (χ3n) is 4.32. The van der Waals surface area contributed by atoms with Crippen LogP contribution in [0.4, 0.5) is 11.4 Å². The second-order valence-corrected chi connectivity index (χ2v) is 7.82. The fourth-order valence-electron chi connectivity index (χ4n) is 2.45. The Labute approximate surface area is 183 Å². The van der Waals surface area contributed by atoms with Crippen LogP contribution in [0.5, 0.6) is 0 Å². The van der Waals surface area contributed by atoms with Gasteiger partial charge in [-0.15, -0.1) is 0 Å². The van der Waals surface area contributed by atoms with Crippen LogP contribution in [0.1, 0.15) is 29.5 Å². The molecule has 0 aliphatic rings. The highest BCUT2D eigenvalue weighted by molar-refractivity contribution is 9.10. The molecule has 0 radical (unpaired) electrons. The lowest BCUT2D eigenvalue weighted by Crippen LogP contribution is -2.22. The molecule has 6 nitrogen and oxygen atoms in total. The summed E-state index contributed by atoms with van der Waals surface area (Å²) in [4.78, 5) is 35.8. The summed E-state index contributed by atoms with van der Waals surface area (Å²) in [6, 6.07) is 9.00. The quantitative estimate of drug-likeness (QED) is 0.549. The number of anilines is 2. The lowest BCUT2D eigenvalue weighted by Gasteiger charge is -2.11. The molecule has 0 saturated carbocycles. The molecule has 0 atom stereocenters. The number of esters is 1. The van der Waals surface area contributed by atoms with E-state index in [1.165, 1.54) is 0 Å². The van der Waals surface area contributed by atoms with Crippen LogP contribution in [0.2, 0.25) is 5.02 Å². The van der Waals surface area contributed by atoms with Crippen LogP contribution >= 0.6 is 27.5 Å². The van der Waals surface area contributed by atoms with Crippen molar-refractivity contribution in [3.05, 3.63) is 56.5 Å². The third kappa shape index (κ3) is 6.87. The van der Waals surface area contributed by atoms with Gasteiger partial charge in [0, 0.05) is 22.3 Å².